The largest absolute Gasteiger partial charge is 0.411 e. The molecular weight excluding hydrogens is 224 g/mol. The maximum atomic E-state index is 9.39. The van der Waals surface area contributed by atoms with Crippen LogP contribution in [0, 0.1) is 5.92 Å². The monoisotopic (exact) mass is 250 g/mol. The van der Waals surface area contributed by atoms with E-state index in [0.717, 1.165) is 31.6 Å². The van der Waals surface area contributed by atoms with Gasteiger partial charge in [0, 0.05) is 0 Å². The molecular formula is C15H26N2O. The normalized spacial score (nSPS) is 36.8. The van der Waals surface area contributed by atoms with E-state index in [1.807, 2.05) is 0 Å². The van der Waals surface area contributed by atoms with Gasteiger partial charge in [-0.25, -0.2) is 0 Å². The standard InChI is InChI=1S/C15H26N2O/c1-12(2)13-7-8-15(3,14(11-13)16-18)17-9-5-4-6-10-17/h13,18H,1,4-11H2,2-3H3/b16-14-/t13-,15+/m1/s1. The van der Waals surface area contributed by atoms with Crippen molar-refractivity contribution in [1.29, 1.82) is 0 Å². The summed E-state index contributed by atoms with van der Waals surface area (Å²) >= 11 is 0. The fraction of sp³-hybridized carbons (Fsp3) is 0.800. The second-order valence-corrected chi connectivity index (χ2v) is 6.15. The lowest BCUT2D eigenvalue weighted by Gasteiger charge is -2.47. The molecule has 1 saturated heterocycles. The fourth-order valence-corrected chi connectivity index (χ4v) is 3.45. The highest BCUT2D eigenvalue weighted by Crippen LogP contribution is 2.38. The Hall–Kier alpha value is -0.830. The molecule has 0 amide bonds. The molecule has 1 aliphatic carbocycles. The first kappa shape index (κ1) is 13.6. The summed E-state index contributed by atoms with van der Waals surface area (Å²) in [5.74, 6) is 0.494. The Morgan fingerprint density at radius 1 is 1.39 bits per heavy atom. The molecule has 1 aliphatic heterocycles. The van der Waals surface area contributed by atoms with E-state index in [0.29, 0.717) is 5.92 Å². The Morgan fingerprint density at radius 3 is 2.61 bits per heavy atom. The smallest absolute Gasteiger partial charge is 0.0776 e. The van der Waals surface area contributed by atoms with Gasteiger partial charge < -0.3 is 5.21 Å². The predicted molar refractivity (Wildman–Crippen MR) is 75.2 cm³/mol. The molecule has 0 spiro atoms. The molecule has 0 bridgehead atoms. The van der Waals surface area contributed by atoms with Gasteiger partial charge in [-0.1, -0.05) is 23.7 Å². The number of rotatable bonds is 2. The Morgan fingerprint density at radius 2 is 2.06 bits per heavy atom. The summed E-state index contributed by atoms with van der Waals surface area (Å²) in [6, 6.07) is 0. The lowest BCUT2D eigenvalue weighted by atomic mass is 9.72. The Kier molecular flexibility index (Phi) is 4.10. The molecule has 2 rings (SSSR count). The first-order chi connectivity index (χ1) is 8.58. The van der Waals surface area contributed by atoms with Crippen LogP contribution in [0.15, 0.2) is 17.3 Å². The highest BCUT2D eigenvalue weighted by atomic mass is 16.4. The number of hydrogen-bond acceptors (Lipinski definition) is 3. The van der Waals surface area contributed by atoms with Crippen molar-refractivity contribution < 1.29 is 5.21 Å². The van der Waals surface area contributed by atoms with Crippen LogP contribution in [-0.4, -0.2) is 34.4 Å². The zero-order chi connectivity index (χ0) is 13.2. The summed E-state index contributed by atoms with van der Waals surface area (Å²) in [7, 11) is 0. The van der Waals surface area contributed by atoms with E-state index in [-0.39, 0.29) is 5.54 Å². The number of hydrogen-bond donors (Lipinski definition) is 1. The van der Waals surface area contributed by atoms with Crippen LogP contribution in [0.1, 0.15) is 52.4 Å². The van der Waals surface area contributed by atoms with Crippen molar-refractivity contribution in [2.45, 2.75) is 57.9 Å². The number of oxime groups is 1. The second kappa shape index (κ2) is 5.43. The van der Waals surface area contributed by atoms with E-state index in [1.165, 1.54) is 31.3 Å². The molecule has 2 aliphatic rings. The van der Waals surface area contributed by atoms with Gasteiger partial charge in [-0.3, -0.25) is 4.90 Å². The molecule has 0 unspecified atom stereocenters. The molecule has 102 valence electrons. The average Bonchev–Trinajstić information content (AvgIpc) is 2.40. The molecule has 0 radical (unpaired) electrons. The first-order valence-electron chi connectivity index (χ1n) is 7.20. The number of allylic oxidation sites excluding steroid dienone is 1. The topological polar surface area (TPSA) is 35.8 Å². The van der Waals surface area contributed by atoms with Crippen LogP contribution in [-0.2, 0) is 0 Å². The van der Waals surface area contributed by atoms with Crippen molar-refractivity contribution in [3.63, 3.8) is 0 Å². The van der Waals surface area contributed by atoms with Crippen LogP contribution in [0.4, 0.5) is 0 Å². The molecule has 2 atom stereocenters. The van der Waals surface area contributed by atoms with Crippen molar-refractivity contribution >= 4 is 5.71 Å². The lowest BCUT2D eigenvalue weighted by molar-refractivity contribution is 0.106. The van der Waals surface area contributed by atoms with E-state index >= 15 is 0 Å². The molecule has 0 aromatic rings. The first-order valence-corrected chi connectivity index (χ1v) is 7.20. The van der Waals surface area contributed by atoms with E-state index in [2.05, 4.69) is 30.5 Å². The van der Waals surface area contributed by atoms with Crippen LogP contribution in [0.5, 0.6) is 0 Å². The highest BCUT2D eigenvalue weighted by molar-refractivity contribution is 5.94. The quantitative estimate of drug-likeness (QED) is 0.463. The van der Waals surface area contributed by atoms with Gasteiger partial charge in [-0.15, -0.1) is 0 Å². The summed E-state index contributed by atoms with van der Waals surface area (Å²) in [6.07, 6.45) is 7.02. The summed E-state index contributed by atoms with van der Waals surface area (Å²) in [5, 5.41) is 13.0. The third-order valence-corrected chi connectivity index (χ3v) is 4.91. The summed E-state index contributed by atoms with van der Waals surface area (Å²) in [6.45, 7) is 10.7. The highest BCUT2D eigenvalue weighted by Gasteiger charge is 2.42. The van der Waals surface area contributed by atoms with Crippen LogP contribution in [0.25, 0.3) is 0 Å². The van der Waals surface area contributed by atoms with Crippen molar-refractivity contribution in [2.24, 2.45) is 11.1 Å². The summed E-state index contributed by atoms with van der Waals surface area (Å²) in [4.78, 5) is 2.53. The maximum Gasteiger partial charge on any atom is 0.0776 e. The van der Waals surface area contributed by atoms with E-state index in [1.54, 1.807) is 0 Å². The maximum absolute atomic E-state index is 9.39. The lowest BCUT2D eigenvalue weighted by Crippen LogP contribution is -2.56. The predicted octanol–water partition coefficient (Wildman–Crippen LogP) is 3.44. The molecule has 3 nitrogen and oxygen atoms in total. The Balaban J connectivity index is 2.14. The Bertz CT molecular complexity index is 344. The SMILES string of the molecule is C=C(C)[C@@H]1CC[C@](C)(N2CCCCC2)/C(=N\O)C1. The molecule has 0 aromatic heterocycles. The molecule has 1 saturated carbocycles. The average molecular weight is 250 g/mol. The van der Waals surface area contributed by atoms with Crippen molar-refractivity contribution in [3.8, 4) is 0 Å². The van der Waals surface area contributed by atoms with Gasteiger partial charge in [0.2, 0.25) is 0 Å². The van der Waals surface area contributed by atoms with Gasteiger partial charge in [0.25, 0.3) is 0 Å². The minimum Gasteiger partial charge on any atom is -0.411 e. The van der Waals surface area contributed by atoms with Gasteiger partial charge in [-0.2, -0.15) is 0 Å². The van der Waals surface area contributed by atoms with Gasteiger partial charge in [0.15, 0.2) is 0 Å². The molecule has 18 heavy (non-hydrogen) atoms. The van der Waals surface area contributed by atoms with Crippen LogP contribution < -0.4 is 0 Å². The van der Waals surface area contributed by atoms with E-state index in [9.17, 15) is 5.21 Å². The van der Waals surface area contributed by atoms with Crippen molar-refractivity contribution in [1.82, 2.24) is 4.90 Å². The van der Waals surface area contributed by atoms with Gasteiger partial charge in [0.05, 0.1) is 11.3 Å². The van der Waals surface area contributed by atoms with Gasteiger partial charge in [0.1, 0.15) is 0 Å². The molecule has 3 heteroatoms. The Labute approximate surface area is 111 Å². The minimum absolute atomic E-state index is 0.0267. The van der Waals surface area contributed by atoms with Gasteiger partial charge in [-0.05, 0) is 65.0 Å². The molecule has 1 heterocycles. The minimum atomic E-state index is -0.0267. The fourth-order valence-electron chi connectivity index (χ4n) is 3.45. The third-order valence-electron chi connectivity index (χ3n) is 4.91. The van der Waals surface area contributed by atoms with Crippen LogP contribution in [0.3, 0.4) is 0 Å². The summed E-state index contributed by atoms with van der Waals surface area (Å²) in [5.41, 5.74) is 2.15. The zero-order valence-electron chi connectivity index (χ0n) is 11.8. The molecule has 0 aromatic carbocycles. The summed E-state index contributed by atoms with van der Waals surface area (Å²) < 4.78 is 0. The zero-order valence-corrected chi connectivity index (χ0v) is 11.8. The van der Waals surface area contributed by atoms with Crippen LogP contribution >= 0.6 is 0 Å². The number of likely N-dealkylation sites (tertiary alicyclic amines) is 1. The molecule has 2 fully saturated rings. The van der Waals surface area contributed by atoms with E-state index < -0.39 is 0 Å². The third kappa shape index (κ3) is 2.46. The van der Waals surface area contributed by atoms with Crippen molar-refractivity contribution in [3.05, 3.63) is 12.2 Å². The number of nitrogens with zero attached hydrogens (tertiary/aromatic N) is 2. The van der Waals surface area contributed by atoms with Crippen molar-refractivity contribution in [2.75, 3.05) is 13.1 Å². The second-order valence-electron chi connectivity index (χ2n) is 6.15. The van der Waals surface area contributed by atoms with E-state index in [4.69, 9.17) is 0 Å². The number of piperidine rings is 1. The van der Waals surface area contributed by atoms with Gasteiger partial charge >= 0.3 is 0 Å². The molecule has 1 N–H and O–H groups in total. The van der Waals surface area contributed by atoms with Crippen LogP contribution in [0.2, 0.25) is 0 Å².